The predicted molar refractivity (Wildman–Crippen MR) is 362 cm³/mol. The zero-order valence-corrected chi connectivity index (χ0v) is 60.0. The highest BCUT2D eigenvalue weighted by Gasteiger charge is 2.44. The minimum absolute atomic E-state index is 0.113. The number of hydrogen-bond donors (Lipinski definition) is 6. The number of ether oxygens (including phenoxy) is 3. The Labute approximate surface area is 570 Å². The van der Waals surface area contributed by atoms with Crippen LogP contribution in [0.4, 0.5) is 15.3 Å². The number of amides is 10. The Bertz CT molecular complexity index is 2930. The third-order valence-electron chi connectivity index (χ3n) is 17.9. The molecule has 2 aromatic rings. The predicted octanol–water partition coefficient (Wildman–Crippen LogP) is 8.07. The molecule has 0 unspecified atom stereocenters. The highest BCUT2D eigenvalue weighted by Crippen LogP contribution is 2.33. The number of nitrogens with zero attached hydrogens (tertiary/aromatic N) is 4. The number of Topliss-reactive ketones (excluding diaryl/α,β-unsaturated/α-hetero) is 2. The van der Waals surface area contributed by atoms with Gasteiger partial charge in [-0.25, -0.2) is 9.59 Å². The van der Waals surface area contributed by atoms with Gasteiger partial charge in [-0.2, -0.15) is 0 Å². The van der Waals surface area contributed by atoms with E-state index >= 15 is 4.79 Å². The molecule has 2 heterocycles. The average Bonchev–Trinajstić information content (AvgIpc) is 1.61. The third-order valence-corrected chi connectivity index (χ3v) is 20.0. The van der Waals surface area contributed by atoms with Crippen molar-refractivity contribution >= 4 is 103 Å². The monoisotopic (exact) mass is 1440 g/mol. The summed E-state index contributed by atoms with van der Waals surface area (Å²) in [7, 11) is 6.07. The van der Waals surface area contributed by atoms with Crippen LogP contribution in [0.3, 0.4) is 0 Å². The van der Waals surface area contributed by atoms with Gasteiger partial charge >= 0.3 is 12.1 Å². The van der Waals surface area contributed by atoms with Crippen LogP contribution in [0.5, 0.6) is 0 Å². The fourth-order valence-electron chi connectivity index (χ4n) is 12.4. The normalized spacial score (nSPS) is 17.7. The number of hydrogen-bond acceptors (Lipinski definition) is 15. The second kappa shape index (κ2) is 38.8. The summed E-state index contributed by atoms with van der Waals surface area (Å²) in [4.78, 5) is 153. The molecule has 26 heteroatoms. The molecule has 0 radical (unpaired) electrons. The lowest BCUT2D eigenvalue weighted by atomic mass is 9.86. The van der Waals surface area contributed by atoms with Gasteiger partial charge in [-0.05, 0) is 118 Å². The van der Waals surface area contributed by atoms with E-state index < -0.39 is 114 Å². The van der Waals surface area contributed by atoms with Gasteiger partial charge in [0.2, 0.25) is 29.5 Å². The summed E-state index contributed by atoms with van der Waals surface area (Å²) in [6.45, 7) is 16.7. The Kier molecular flexibility index (Phi) is 33.0. The van der Waals surface area contributed by atoms with E-state index in [4.69, 9.17) is 19.9 Å². The number of carbonyl (C=O) groups excluding carboxylic acids is 11. The van der Waals surface area contributed by atoms with Gasteiger partial charge in [-0.15, -0.1) is 0 Å². The second-order valence-corrected chi connectivity index (χ2v) is 27.2. The van der Waals surface area contributed by atoms with E-state index in [9.17, 15) is 53.1 Å². The number of imide groups is 1. The molecule has 0 bridgehead atoms. The van der Waals surface area contributed by atoms with Crippen LogP contribution in [0, 0.1) is 35.5 Å². The highest BCUT2D eigenvalue weighted by molar-refractivity contribution is 9.14. The van der Waals surface area contributed by atoms with Crippen LogP contribution >= 0.6 is 31.9 Å². The molecule has 1 saturated heterocycles. The molecule has 0 spiro atoms. The number of anilines is 1. The molecule has 2 aromatic carbocycles. The summed E-state index contributed by atoms with van der Waals surface area (Å²) in [5.74, 6) is -6.56. The number of aliphatic hydroxyl groups excluding tert-OH is 1. The summed E-state index contributed by atoms with van der Waals surface area (Å²) in [5, 5.41) is 22.1. The lowest BCUT2D eigenvalue weighted by Crippen LogP contribution is -2.54. The van der Waals surface area contributed by atoms with E-state index in [0.29, 0.717) is 61.9 Å². The molecule has 2 aliphatic rings. The Morgan fingerprint density at radius 3 is 1.97 bits per heavy atom. The number of halogens is 2. The standard InChI is InChI=1S/C68H101Br2N9O15/c1-14-41(6)59(52(92-12)37-54(83)78-34-22-26-49(78)61(93-13)43(8)63(86)73-44(9)60(84)46-23-17-15-18-24-46)76(10)64(87)47(25-21-32-72-67(71)90)36-51(81)58(40(4)5)77(11)68(91)94-38-45-28-30-48(31-29-45)74-62(85)42(7)35-50(80)57(39(2)3)75-53(82)27-19-16-20-33-79-65(88)55(69)56(70)66(79)89/h15,17-18,23-24,28-31,39-44,47,49,52,57-61,84H,14,16,19-22,25-27,32-38H2,1-13H3,(H,73,86)(H,74,85)(H,75,82)(H3,71,72,90)/t41-,42+,43+,44+,47+,49-,52+,57-,58-,59-,60+,61+/m0/s1. The van der Waals surface area contributed by atoms with E-state index in [-0.39, 0.29) is 103 Å². The van der Waals surface area contributed by atoms with Crippen molar-refractivity contribution in [2.45, 2.75) is 194 Å². The molecule has 7 N–H and O–H groups in total. The zero-order valence-electron chi connectivity index (χ0n) is 56.9. The number of carbonyl (C=O) groups is 11. The Balaban J connectivity index is 1.36. The molecular weight excluding hydrogens is 1340 g/mol. The Morgan fingerprint density at radius 1 is 0.755 bits per heavy atom. The van der Waals surface area contributed by atoms with Gasteiger partial charge < -0.3 is 61.0 Å². The Morgan fingerprint density at radius 2 is 1.39 bits per heavy atom. The molecule has 2 aliphatic heterocycles. The zero-order chi connectivity index (χ0) is 70.3. The average molecular weight is 1440 g/mol. The first kappa shape index (κ1) is 79.8. The number of urea groups is 1. The largest absolute Gasteiger partial charge is 0.445 e. The molecule has 10 amide bonds. The van der Waals surface area contributed by atoms with Gasteiger partial charge in [0.05, 0.1) is 60.9 Å². The maximum atomic E-state index is 15.0. The second-order valence-electron chi connectivity index (χ2n) is 25.6. The summed E-state index contributed by atoms with van der Waals surface area (Å²) < 4.78 is 18.1. The van der Waals surface area contributed by atoms with Gasteiger partial charge in [0.25, 0.3) is 11.8 Å². The summed E-state index contributed by atoms with van der Waals surface area (Å²) >= 11 is 6.22. The van der Waals surface area contributed by atoms with Crippen molar-refractivity contribution in [3.8, 4) is 0 Å². The SMILES string of the molecule is CC[C@H](C)[C@@H]([C@@H](CC(=O)N1CCC[C@H]1[C@H](OC)[C@@H](C)C(=O)N[C@H](C)[C@@H](O)c1ccccc1)OC)N(C)C(=O)[C@H](CCCNC(N)=O)CC(=O)[C@H](C(C)C)N(C)C(=O)OCc1ccc(NC(=O)[C@H](C)CC(=O)[C@@H](NC(=O)CCCCCN2C(=O)C(Br)=C(Br)C2=O)C(C)C)cc1. The highest BCUT2D eigenvalue weighted by atomic mass is 79.9. The van der Waals surface area contributed by atoms with E-state index in [0.717, 1.165) is 4.90 Å². The number of nitrogens with one attached hydrogen (secondary N) is 4. The lowest BCUT2D eigenvalue weighted by Gasteiger charge is -2.40. The van der Waals surface area contributed by atoms with Crippen LogP contribution < -0.4 is 27.0 Å². The van der Waals surface area contributed by atoms with Crippen molar-refractivity contribution in [2.24, 2.45) is 41.2 Å². The Hall–Kier alpha value is -6.61. The summed E-state index contributed by atoms with van der Waals surface area (Å²) in [5.41, 5.74) is 7.01. The number of likely N-dealkylation sites (tertiary alicyclic amines) is 1. The quantitative estimate of drug-likeness (QED) is 0.0272. The van der Waals surface area contributed by atoms with Crippen LogP contribution in [0.25, 0.3) is 0 Å². The number of likely N-dealkylation sites (N-methyl/N-ethyl adjacent to an activating group) is 2. The van der Waals surface area contributed by atoms with Crippen LogP contribution in [0.15, 0.2) is 63.6 Å². The van der Waals surface area contributed by atoms with Crippen LogP contribution in [-0.2, 0) is 64.0 Å². The number of aliphatic hydroxyl groups is 1. The van der Waals surface area contributed by atoms with Crippen LogP contribution in [-0.4, -0.2) is 180 Å². The molecule has 0 aliphatic carbocycles. The number of primary amides is 1. The first-order valence-electron chi connectivity index (χ1n) is 32.6. The molecule has 4 rings (SSSR count). The minimum Gasteiger partial charge on any atom is -0.445 e. The lowest BCUT2D eigenvalue weighted by molar-refractivity contribution is -0.148. The topological polar surface area (TPSA) is 323 Å². The van der Waals surface area contributed by atoms with Crippen molar-refractivity contribution in [2.75, 3.05) is 53.3 Å². The number of ketones is 2. The first-order valence-corrected chi connectivity index (χ1v) is 34.2. The maximum Gasteiger partial charge on any atom is 0.410 e. The van der Waals surface area contributed by atoms with E-state index in [1.807, 2.05) is 32.0 Å². The molecule has 24 nitrogen and oxygen atoms in total. The number of nitrogens with two attached hydrogens (primary N) is 1. The van der Waals surface area contributed by atoms with E-state index in [1.54, 1.807) is 102 Å². The summed E-state index contributed by atoms with van der Waals surface area (Å²) in [6.07, 6.45) is 0.183. The minimum atomic E-state index is -1.03. The smallest absolute Gasteiger partial charge is 0.410 e. The van der Waals surface area contributed by atoms with Crippen LogP contribution in [0.2, 0.25) is 0 Å². The first-order chi connectivity index (χ1) is 44.4. The van der Waals surface area contributed by atoms with Crippen molar-refractivity contribution in [1.82, 2.24) is 35.6 Å². The van der Waals surface area contributed by atoms with Gasteiger partial charge in [0.15, 0.2) is 11.6 Å². The van der Waals surface area contributed by atoms with Crippen LogP contribution in [0.1, 0.15) is 157 Å². The number of benzene rings is 2. The van der Waals surface area contributed by atoms with Crippen molar-refractivity contribution < 1.29 is 72.1 Å². The van der Waals surface area contributed by atoms with Gasteiger partial charge in [0.1, 0.15) is 15.6 Å². The molecule has 1 fully saturated rings. The van der Waals surface area contributed by atoms with Gasteiger partial charge in [-0.3, -0.25) is 48.1 Å². The molecule has 0 aromatic heterocycles. The maximum absolute atomic E-state index is 15.0. The van der Waals surface area contributed by atoms with Gasteiger partial charge in [-0.1, -0.05) is 111 Å². The molecule has 94 heavy (non-hydrogen) atoms. The molecule has 12 atom stereocenters. The van der Waals surface area contributed by atoms with Crippen molar-refractivity contribution in [3.63, 3.8) is 0 Å². The van der Waals surface area contributed by atoms with Crippen molar-refractivity contribution in [3.05, 3.63) is 74.7 Å². The number of rotatable bonds is 39. The number of methoxy groups -OCH3 is 2. The molecule has 0 saturated carbocycles. The molecular formula is C68H101Br2N9O15. The fraction of sp³-hybridized carbons (Fsp3) is 0.632. The van der Waals surface area contributed by atoms with Crippen molar-refractivity contribution in [1.29, 1.82) is 0 Å². The summed E-state index contributed by atoms with van der Waals surface area (Å²) in [6, 6.07) is 11.2. The fourth-order valence-corrected chi connectivity index (χ4v) is 13.2. The number of unbranched alkanes of at least 4 members (excludes halogenated alkanes) is 2. The molecule has 522 valence electrons. The third kappa shape index (κ3) is 22.8. The van der Waals surface area contributed by atoms with E-state index in [2.05, 4.69) is 53.1 Å². The van der Waals surface area contributed by atoms with E-state index in [1.165, 1.54) is 26.2 Å². The van der Waals surface area contributed by atoms with Gasteiger partial charge in [0, 0.05) is 84.7 Å².